The van der Waals surface area contributed by atoms with Crippen LogP contribution in [-0.4, -0.2) is 32.6 Å². The Kier molecular flexibility index (Phi) is 4.99. The smallest absolute Gasteiger partial charge is 0.293 e. The van der Waals surface area contributed by atoms with Gasteiger partial charge >= 0.3 is 0 Å². The molecule has 3 N–H and O–H groups in total. The lowest BCUT2D eigenvalue weighted by molar-refractivity contribution is -0.384. The first-order valence-electron chi connectivity index (χ1n) is 6.94. The number of nitrogens with one attached hydrogen (secondary N) is 1. The van der Waals surface area contributed by atoms with E-state index in [1.165, 1.54) is 12.1 Å². The second-order valence-corrected chi connectivity index (χ2v) is 6.93. The molecule has 0 aromatic heterocycles. The summed E-state index contributed by atoms with van der Waals surface area (Å²) < 4.78 is 27.9. The van der Waals surface area contributed by atoms with Crippen molar-refractivity contribution in [2.75, 3.05) is 18.5 Å². The van der Waals surface area contributed by atoms with Crippen LogP contribution in [0.1, 0.15) is 19.8 Å². The Morgan fingerprint density at radius 3 is 2.59 bits per heavy atom. The predicted octanol–water partition coefficient (Wildman–Crippen LogP) is 1.47. The van der Waals surface area contributed by atoms with Crippen LogP contribution < -0.4 is 10.5 Å². The summed E-state index contributed by atoms with van der Waals surface area (Å²) in [6.45, 7) is 3.32. The number of nitro benzene ring substituents is 1. The number of sulfonamides is 1. The number of hydrogen-bond acceptors (Lipinski definition) is 6. The zero-order chi connectivity index (χ0) is 16.3. The minimum absolute atomic E-state index is 0.0166. The molecule has 1 fully saturated rings. The Bertz CT molecular complexity index is 656. The zero-order valence-electron chi connectivity index (χ0n) is 12.2. The molecule has 0 radical (unpaired) electrons. The summed E-state index contributed by atoms with van der Waals surface area (Å²) in [5, 5.41) is 19.3. The second kappa shape index (κ2) is 6.59. The lowest BCUT2D eigenvalue weighted by atomic mass is 9.93. The number of hydrogen-bond donors (Lipinski definition) is 2. The maximum absolute atomic E-state index is 11.3. The Hall–Kier alpha value is -1.71. The highest BCUT2D eigenvalue weighted by atomic mass is 32.2. The lowest BCUT2D eigenvalue weighted by Gasteiger charge is -2.29. The molecule has 2 rings (SSSR count). The van der Waals surface area contributed by atoms with E-state index in [4.69, 9.17) is 9.88 Å². The molecular formula is C13H19N3O5S. The molecule has 0 aliphatic carbocycles. The minimum atomic E-state index is -3.97. The molecule has 0 amide bonds. The van der Waals surface area contributed by atoms with Gasteiger partial charge in [0.25, 0.3) is 5.69 Å². The summed E-state index contributed by atoms with van der Waals surface area (Å²) in [5.74, 6) is 0.353. The van der Waals surface area contributed by atoms with E-state index < -0.39 is 14.9 Å². The summed E-state index contributed by atoms with van der Waals surface area (Å²) in [6, 6.07) is 3.65. The van der Waals surface area contributed by atoms with Crippen molar-refractivity contribution < 1.29 is 18.1 Å². The van der Waals surface area contributed by atoms with Crippen molar-refractivity contribution in [1.82, 2.24) is 0 Å². The van der Waals surface area contributed by atoms with Gasteiger partial charge in [-0.2, -0.15) is 0 Å². The molecule has 1 heterocycles. The van der Waals surface area contributed by atoms with Crippen LogP contribution in [0.2, 0.25) is 0 Å². The van der Waals surface area contributed by atoms with Gasteiger partial charge in [0.05, 0.1) is 9.82 Å². The Balaban J connectivity index is 2.24. The maximum atomic E-state index is 11.3. The minimum Gasteiger partial charge on any atom is -0.381 e. The summed E-state index contributed by atoms with van der Waals surface area (Å²) in [6.07, 6.45) is 1.77. The predicted molar refractivity (Wildman–Crippen MR) is 81.1 cm³/mol. The van der Waals surface area contributed by atoms with Crippen LogP contribution in [0.3, 0.4) is 0 Å². The van der Waals surface area contributed by atoms with Crippen molar-refractivity contribution in [3.63, 3.8) is 0 Å². The molecule has 122 valence electrons. The first kappa shape index (κ1) is 16.7. The highest BCUT2D eigenvalue weighted by Gasteiger charge is 2.24. The maximum Gasteiger partial charge on any atom is 0.293 e. The first-order chi connectivity index (χ1) is 10.3. The van der Waals surface area contributed by atoms with Crippen molar-refractivity contribution in [2.24, 2.45) is 11.1 Å². The number of nitro groups is 1. The van der Waals surface area contributed by atoms with Crippen LogP contribution in [0.4, 0.5) is 11.4 Å². The van der Waals surface area contributed by atoms with Crippen molar-refractivity contribution in [1.29, 1.82) is 0 Å². The largest absolute Gasteiger partial charge is 0.381 e. The van der Waals surface area contributed by atoms with Gasteiger partial charge in [-0.05, 0) is 37.8 Å². The normalized spacial score (nSPS) is 17.9. The molecule has 0 unspecified atom stereocenters. The van der Waals surface area contributed by atoms with Gasteiger partial charge in [0.2, 0.25) is 10.0 Å². The van der Waals surface area contributed by atoms with Crippen LogP contribution in [0.15, 0.2) is 23.1 Å². The van der Waals surface area contributed by atoms with Gasteiger partial charge in [-0.1, -0.05) is 0 Å². The van der Waals surface area contributed by atoms with E-state index in [0.717, 1.165) is 18.9 Å². The molecule has 0 spiro atoms. The van der Waals surface area contributed by atoms with Crippen molar-refractivity contribution in [2.45, 2.75) is 30.7 Å². The van der Waals surface area contributed by atoms with E-state index in [9.17, 15) is 18.5 Å². The van der Waals surface area contributed by atoms with Crippen molar-refractivity contribution in [3.8, 4) is 0 Å². The zero-order valence-corrected chi connectivity index (χ0v) is 13.0. The van der Waals surface area contributed by atoms with Gasteiger partial charge in [-0.15, -0.1) is 0 Å². The molecular weight excluding hydrogens is 310 g/mol. The highest BCUT2D eigenvalue weighted by molar-refractivity contribution is 7.89. The van der Waals surface area contributed by atoms with Gasteiger partial charge in [0.1, 0.15) is 5.69 Å². The van der Waals surface area contributed by atoms with Crippen molar-refractivity contribution >= 4 is 21.4 Å². The average Bonchev–Trinajstić information content (AvgIpc) is 2.47. The van der Waals surface area contributed by atoms with Crippen LogP contribution >= 0.6 is 0 Å². The molecule has 0 bridgehead atoms. The highest BCUT2D eigenvalue weighted by Crippen LogP contribution is 2.30. The fraction of sp³-hybridized carbons (Fsp3) is 0.538. The molecule has 9 heteroatoms. The fourth-order valence-corrected chi connectivity index (χ4v) is 3.07. The fourth-order valence-electron chi connectivity index (χ4n) is 2.54. The Morgan fingerprint density at radius 1 is 1.41 bits per heavy atom. The Morgan fingerprint density at radius 2 is 2.05 bits per heavy atom. The number of ether oxygens (including phenoxy) is 1. The third-order valence-corrected chi connectivity index (χ3v) is 4.76. The van der Waals surface area contributed by atoms with Gasteiger partial charge in [0, 0.05) is 25.3 Å². The standard InChI is InChI=1S/C13H19N3O5S/c1-9(10-4-6-21-7-5-10)15-12-3-2-11(22(14,19)20)8-13(12)16(17)18/h2-3,8-10,15H,4-7H2,1H3,(H2,14,19,20)/t9-/m0/s1. The molecule has 1 aromatic carbocycles. The average molecular weight is 329 g/mol. The number of nitrogens with two attached hydrogens (primary N) is 1. The van der Waals surface area contributed by atoms with Crippen LogP contribution in [0, 0.1) is 16.0 Å². The summed E-state index contributed by atoms with van der Waals surface area (Å²) in [7, 11) is -3.97. The molecule has 1 aromatic rings. The van der Waals surface area contributed by atoms with Gasteiger partial charge in [-0.25, -0.2) is 13.6 Å². The summed E-state index contributed by atoms with van der Waals surface area (Å²) in [5.41, 5.74) is -0.0122. The lowest BCUT2D eigenvalue weighted by Crippen LogP contribution is -2.31. The van der Waals surface area contributed by atoms with E-state index >= 15 is 0 Å². The second-order valence-electron chi connectivity index (χ2n) is 5.36. The molecule has 0 saturated carbocycles. The molecule has 22 heavy (non-hydrogen) atoms. The third kappa shape index (κ3) is 3.93. The summed E-state index contributed by atoms with van der Waals surface area (Å²) >= 11 is 0. The molecule has 1 aliphatic heterocycles. The molecule has 8 nitrogen and oxygen atoms in total. The quantitative estimate of drug-likeness (QED) is 0.622. The SMILES string of the molecule is C[C@H](Nc1ccc(S(N)(=O)=O)cc1[N+](=O)[O-])C1CCOCC1. The van der Waals surface area contributed by atoms with Gasteiger partial charge in [0.15, 0.2) is 0 Å². The molecule has 1 saturated heterocycles. The number of benzene rings is 1. The topological polar surface area (TPSA) is 125 Å². The van der Waals surface area contributed by atoms with Gasteiger partial charge < -0.3 is 10.1 Å². The van der Waals surface area contributed by atoms with E-state index in [1.807, 2.05) is 6.92 Å². The number of anilines is 1. The van der Waals surface area contributed by atoms with Crippen LogP contribution in [0.5, 0.6) is 0 Å². The monoisotopic (exact) mass is 329 g/mol. The van der Waals surface area contributed by atoms with Crippen molar-refractivity contribution in [3.05, 3.63) is 28.3 Å². The number of rotatable bonds is 5. The van der Waals surface area contributed by atoms with E-state index in [-0.39, 0.29) is 22.3 Å². The van der Waals surface area contributed by atoms with Gasteiger partial charge in [-0.3, -0.25) is 10.1 Å². The number of primary sulfonamides is 1. The third-order valence-electron chi connectivity index (χ3n) is 3.85. The molecule has 1 aliphatic rings. The number of nitrogens with zero attached hydrogens (tertiary/aromatic N) is 1. The first-order valence-corrected chi connectivity index (χ1v) is 8.49. The molecule has 1 atom stereocenters. The van der Waals surface area contributed by atoms with Crippen LogP contribution in [0.25, 0.3) is 0 Å². The van der Waals surface area contributed by atoms with E-state index in [2.05, 4.69) is 5.32 Å². The van der Waals surface area contributed by atoms with Crippen LogP contribution in [-0.2, 0) is 14.8 Å². The van der Waals surface area contributed by atoms with E-state index in [1.54, 1.807) is 0 Å². The summed E-state index contributed by atoms with van der Waals surface area (Å²) in [4.78, 5) is 10.3. The Labute approximate surface area is 128 Å². The van der Waals surface area contributed by atoms with E-state index in [0.29, 0.717) is 19.1 Å².